The minimum absolute atomic E-state index is 0.666. The van der Waals surface area contributed by atoms with Gasteiger partial charge in [0.1, 0.15) is 0 Å². The first kappa shape index (κ1) is 11.4. The van der Waals surface area contributed by atoms with Crippen molar-refractivity contribution in [2.45, 2.75) is 37.4 Å². The van der Waals surface area contributed by atoms with E-state index in [2.05, 4.69) is 34.5 Å². The zero-order chi connectivity index (χ0) is 10.3. The molecule has 2 aliphatic rings. The van der Waals surface area contributed by atoms with Crippen LogP contribution in [0.1, 0.15) is 32.1 Å². The van der Waals surface area contributed by atoms with E-state index in [9.17, 15) is 0 Å². The highest BCUT2D eigenvalue weighted by atomic mass is 32.2. The predicted octanol–water partition coefficient (Wildman–Crippen LogP) is 4.22. The molecule has 0 aromatic rings. The molecule has 0 bridgehead atoms. The number of hydrogen-bond acceptors (Lipinski definition) is 3. The number of nitrogens with one attached hydrogen (secondary N) is 1. The molecule has 82 valence electrons. The van der Waals surface area contributed by atoms with Crippen LogP contribution < -0.4 is 4.13 Å². The summed E-state index contributed by atoms with van der Waals surface area (Å²) in [5, 5.41) is 0.666. The maximum absolute atomic E-state index is 3.39. The predicted molar refractivity (Wildman–Crippen MR) is 71.6 cm³/mol. The fourth-order valence-electron chi connectivity index (χ4n) is 1.68. The van der Waals surface area contributed by atoms with Crippen LogP contribution in [0, 0.1) is 0 Å². The van der Waals surface area contributed by atoms with E-state index in [1.165, 1.54) is 37.0 Å². The van der Waals surface area contributed by atoms with Crippen molar-refractivity contribution in [1.82, 2.24) is 4.13 Å². The Labute approximate surface area is 101 Å². The molecule has 2 aliphatic carbocycles. The van der Waals surface area contributed by atoms with Gasteiger partial charge in [-0.15, -0.1) is 0 Å². The van der Waals surface area contributed by atoms with Crippen molar-refractivity contribution >= 4 is 23.9 Å². The van der Waals surface area contributed by atoms with Crippen LogP contribution in [0.3, 0.4) is 0 Å². The Kier molecular flexibility index (Phi) is 4.90. The molecule has 0 aliphatic heterocycles. The summed E-state index contributed by atoms with van der Waals surface area (Å²) in [6.45, 7) is 0. The second-order valence-electron chi connectivity index (χ2n) is 3.79. The molecule has 2 rings (SSSR count). The molecular formula is C12H17NS2. The molecule has 0 saturated heterocycles. The van der Waals surface area contributed by atoms with Crippen molar-refractivity contribution in [3.8, 4) is 0 Å². The summed E-state index contributed by atoms with van der Waals surface area (Å²) in [5.74, 6) is 0. The zero-order valence-corrected chi connectivity index (χ0v) is 10.4. The maximum atomic E-state index is 3.39. The van der Waals surface area contributed by atoms with Crippen LogP contribution in [-0.2, 0) is 0 Å². The molecule has 3 heteroatoms. The molecular weight excluding hydrogens is 222 g/mol. The third-order valence-corrected chi connectivity index (χ3v) is 4.48. The number of rotatable bonds is 4. The molecule has 0 aromatic heterocycles. The lowest BCUT2D eigenvalue weighted by Crippen LogP contribution is -2.07. The molecule has 1 N–H and O–H groups in total. The number of allylic oxidation sites excluding steroid dienone is 4. The molecule has 0 aromatic carbocycles. The van der Waals surface area contributed by atoms with Gasteiger partial charge >= 0.3 is 0 Å². The van der Waals surface area contributed by atoms with Gasteiger partial charge in [0.2, 0.25) is 0 Å². The molecule has 1 unspecified atom stereocenters. The molecule has 1 atom stereocenters. The standard InChI is InChI=1S/C12H17NS2/c1-3-7-11(8-4-1)14-13-15-12-9-5-2-6-10-12/h3,5,7-9,12-13H,1-2,4,6,10H2. The topological polar surface area (TPSA) is 12.0 Å². The van der Waals surface area contributed by atoms with Crippen LogP contribution in [0.25, 0.3) is 0 Å². The molecule has 0 amide bonds. The molecule has 0 spiro atoms. The first-order valence-electron chi connectivity index (χ1n) is 5.56. The normalized spacial score (nSPS) is 25.3. The number of hydrogen-bond donors (Lipinski definition) is 1. The minimum Gasteiger partial charge on any atom is -0.203 e. The lowest BCUT2D eigenvalue weighted by molar-refractivity contribution is 0.741. The Morgan fingerprint density at radius 1 is 1.20 bits per heavy atom. The van der Waals surface area contributed by atoms with Gasteiger partial charge < -0.3 is 0 Å². The van der Waals surface area contributed by atoms with Crippen LogP contribution in [0.5, 0.6) is 0 Å². The average molecular weight is 239 g/mol. The Morgan fingerprint density at radius 2 is 2.20 bits per heavy atom. The average Bonchev–Trinajstić information content (AvgIpc) is 2.32. The Hall–Kier alpha value is -0.120. The summed E-state index contributed by atoms with van der Waals surface area (Å²) in [6.07, 6.45) is 17.7. The second-order valence-corrected chi connectivity index (χ2v) is 5.97. The summed E-state index contributed by atoms with van der Waals surface area (Å²) < 4.78 is 3.39. The van der Waals surface area contributed by atoms with Crippen molar-refractivity contribution in [3.63, 3.8) is 0 Å². The van der Waals surface area contributed by atoms with Crippen LogP contribution in [0.2, 0.25) is 0 Å². The van der Waals surface area contributed by atoms with Crippen molar-refractivity contribution in [2.75, 3.05) is 0 Å². The van der Waals surface area contributed by atoms with Gasteiger partial charge in [0.15, 0.2) is 0 Å². The quantitative estimate of drug-likeness (QED) is 0.583. The molecule has 0 heterocycles. The molecule has 0 radical (unpaired) electrons. The van der Waals surface area contributed by atoms with E-state index >= 15 is 0 Å². The molecule has 0 saturated carbocycles. The van der Waals surface area contributed by atoms with E-state index in [4.69, 9.17) is 0 Å². The third kappa shape index (κ3) is 4.09. The first-order chi connectivity index (χ1) is 7.45. The van der Waals surface area contributed by atoms with Crippen LogP contribution in [-0.4, -0.2) is 5.25 Å². The van der Waals surface area contributed by atoms with Crippen LogP contribution >= 0.6 is 23.9 Å². The summed E-state index contributed by atoms with van der Waals surface area (Å²) in [5.41, 5.74) is 0. The SMILES string of the molecule is C1=CC(SNSC2C=CCCC2)=CCC1. The zero-order valence-electron chi connectivity index (χ0n) is 8.82. The fraction of sp³-hybridized carbons (Fsp3) is 0.500. The van der Waals surface area contributed by atoms with E-state index in [1.807, 2.05) is 11.9 Å². The van der Waals surface area contributed by atoms with Gasteiger partial charge in [-0.1, -0.05) is 42.3 Å². The summed E-state index contributed by atoms with van der Waals surface area (Å²) in [4.78, 5) is 1.36. The Balaban J connectivity index is 1.65. The van der Waals surface area contributed by atoms with Crippen molar-refractivity contribution in [1.29, 1.82) is 0 Å². The first-order valence-corrected chi connectivity index (χ1v) is 7.25. The second kappa shape index (κ2) is 6.46. The highest BCUT2D eigenvalue weighted by molar-refractivity contribution is 8.15. The lowest BCUT2D eigenvalue weighted by Gasteiger charge is -2.16. The van der Waals surface area contributed by atoms with E-state index in [0.717, 1.165) is 0 Å². The highest BCUT2D eigenvalue weighted by Gasteiger charge is 2.08. The van der Waals surface area contributed by atoms with Gasteiger partial charge in [0.25, 0.3) is 0 Å². The Morgan fingerprint density at radius 3 is 2.93 bits per heavy atom. The Bertz CT molecular complexity index is 281. The van der Waals surface area contributed by atoms with Crippen LogP contribution in [0.15, 0.2) is 35.3 Å². The summed E-state index contributed by atoms with van der Waals surface area (Å²) in [6, 6.07) is 0. The van der Waals surface area contributed by atoms with E-state index in [0.29, 0.717) is 5.25 Å². The largest absolute Gasteiger partial charge is 0.203 e. The third-order valence-electron chi connectivity index (χ3n) is 2.53. The van der Waals surface area contributed by atoms with Crippen molar-refractivity contribution < 1.29 is 0 Å². The maximum Gasteiger partial charge on any atom is 0.0380 e. The van der Waals surface area contributed by atoms with Gasteiger partial charge in [0, 0.05) is 10.2 Å². The molecule has 15 heavy (non-hydrogen) atoms. The van der Waals surface area contributed by atoms with Crippen molar-refractivity contribution in [3.05, 3.63) is 35.3 Å². The summed E-state index contributed by atoms with van der Waals surface area (Å²) in [7, 11) is 0. The van der Waals surface area contributed by atoms with Gasteiger partial charge in [-0.3, -0.25) is 0 Å². The van der Waals surface area contributed by atoms with Gasteiger partial charge in [-0.2, -0.15) is 0 Å². The van der Waals surface area contributed by atoms with E-state index < -0.39 is 0 Å². The lowest BCUT2D eigenvalue weighted by atomic mass is 10.1. The highest BCUT2D eigenvalue weighted by Crippen LogP contribution is 2.26. The van der Waals surface area contributed by atoms with Gasteiger partial charge in [-0.25, -0.2) is 4.13 Å². The van der Waals surface area contributed by atoms with E-state index in [-0.39, 0.29) is 0 Å². The smallest absolute Gasteiger partial charge is 0.0380 e. The van der Waals surface area contributed by atoms with Gasteiger partial charge in [-0.05, 0) is 44.1 Å². The van der Waals surface area contributed by atoms with Gasteiger partial charge in [0.05, 0.1) is 0 Å². The minimum atomic E-state index is 0.666. The van der Waals surface area contributed by atoms with Crippen LogP contribution in [0.4, 0.5) is 0 Å². The summed E-state index contributed by atoms with van der Waals surface area (Å²) >= 11 is 3.59. The molecule has 1 nitrogen and oxygen atoms in total. The molecule has 0 fully saturated rings. The van der Waals surface area contributed by atoms with E-state index in [1.54, 1.807) is 11.9 Å². The monoisotopic (exact) mass is 239 g/mol. The van der Waals surface area contributed by atoms with Crippen molar-refractivity contribution in [2.24, 2.45) is 0 Å². The fourth-order valence-corrected chi connectivity index (χ4v) is 3.59.